The van der Waals surface area contributed by atoms with Gasteiger partial charge in [0.15, 0.2) is 0 Å². The Morgan fingerprint density at radius 2 is 1.39 bits per heavy atom. The van der Waals surface area contributed by atoms with Gasteiger partial charge in [0.2, 0.25) is 0 Å². The van der Waals surface area contributed by atoms with Crippen molar-refractivity contribution in [3.05, 3.63) is 66.7 Å². The lowest BCUT2D eigenvalue weighted by Crippen LogP contribution is -2.08. The summed E-state index contributed by atoms with van der Waals surface area (Å²) in [6.45, 7) is 5.30. The first-order chi connectivity index (χ1) is 13.0. The molecule has 10 heteroatoms. The normalized spacial score (nSPS) is 11.4. The molecule has 0 spiro atoms. The summed E-state index contributed by atoms with van der Waals surface area (Å²) < 4.78 is 44.5. The highest BCUT2D eigenvalue weighted by molar-refractivity contribution is 5.64. The third kappa shape index (κ3) is 4.38. The van der Waals surface area contributed by atoms with Gasteiger partial charge in [-0.05, 0) is 37.0 Å². The zero-order valence-electron chi connectivity index (χ0n) is 15.3. The van der Waals surface area contributed by atoms with Crippen LogP contribution >= 0.6 is 0 Å². The van der Waals surface area contributed by atoms with Crippen molar-refractivity contribution in [1.29, 1.82) is 0 Å². The highest BCUT2D eigenvalue weighted by Gasteiger charge is 2.38. The second kappa shape index (κ2) is 7.83. The quantitative estimate of drug-likeness (QED) is 0.447. The minimum Gasteiger partial charge on any atom is -0.444 e. The summed E-state index contributed by atoms with van der Waals surface area (Å²) >= 11 is 0. The fraction of sp³-hybridized carbons (Fsp3) is 0.333. The minimum absolute atomic E-state index is 0.130. The molecule has 0 aliphatic heterocycles. The average molecular weight is 398 g/mol. The number of hydrogen-bond acceptors (Lipinski definition) is 5. The molecule has 150 valence electrons. The van der Waals surface area contributed by atoms with Gasteiger partial charge in [-0.15, -0.1) is 0 Å². The van der Waals surface area contributed by atoms with E-state index in [4.69, 9.17) is 4.74 Å². The van der Waals surface area contributed by atoms with Crippen LogP contribution in [0.4, 0.5) is 24.5 Å². The van der Waals surface area contributed by atoms with Gasteiger partial charge in [0.05, 0.1) is 15.4 Å². The van der Waals surface area contributed by atoms with Crippen molar-refractivity contribution in [3.8, 4) is 11.5 Å². The van der Waals surface area contributed by atoms with Gasteiger partial charge in [0.1, 0.15) is 5.75 Å². The van der Waals surface area contributed by atoms with Gasteiger partial charge < -0.3 is 4.74 Å². The van der Waals surface area contributed by atoms with Crippen LogP contribution in [0.25, 0.3) is 0 Å². The Bertz CT molecular complexity index is 883. The van der Waals surface area contributed by atoms with E-state index in [1.54, 1.807) is 26.0 Å². The Labute approximate surface area is 158 Å². The van der Waals surface area contributed by atoms with Gasteiger partial charge in [0, 0.05) is 12.1 Å². The van der Waals surface area contributed by atoms with E-state index >= 15 is 0 Å². The van der Waals surface area contributed by atoms with Crippen molar-refractivity contribution in [1.82, 2.24) is 0 Å². The van der Waals surface area contributed by atoms with Crippen LogP contribution in [-0.4, -0.2) is 9.85 Å². The molecule has 0 atom stereocenters. The maximum atomic E-state index is 13.0. The maximum Gasteiger partial charge on any atom is 0.416 e. The molecule has 0 aliphatic rings. The summed E-state index contributed by atoms with van der Waals surface area (Å²) in [5, 5.41) is 22.6. The number of rotatable bonds is 6. The molecule has 0 aliphatic carbocycles. The second-order valence-corrected chi connectivity index (χ2v) is 6.27. The van der Waals surface area contributed by atoms with Crippen LogP contribution in [0.5, 0.6) is 11.5 Å². The van der Waals surface area contributed by atoms with Crippen molar-refractivity contribution in [2.75, 3.05) is 0 Å². The molecule has 0 aromatic heterocycles. The summed E-state index contributed by atoms with van der Waals surface area (Å²) in [5.74, 6) is -0.705. The van der Waals surface area contributed by atoms with Crippen LogP contribution in [0.2, 0.25) is 0 Å². The van der Waals surface area contributed by atoms with Crippen molar-refractivity contribution in [3.63, 3.8) is 0 Å². The molecule has 7 nitrogen and oxygen atoms in total. The summed E-state index contributed by atoms with van der Waals surface area (Å²) in [6, 6.07) is 4.01. The number of alkyl halides is 3. The predicted molar refractivity (Wildman–Crippen MR) is 94.7 cm³/mol. The molecular weight excluding hydrogens is 381 g/mol. The Morgan fingerprint density at radius 1 is 0.929 bits per heavy atom. The zero-order valence-corrected chi connectivity index (χ0v) is 15.3. The van der Waals surface area contributed by atoms with E-state index in [1.165, 1.54) is 0 Å². The predicted octanol–water partition coefficient (Wildman–Crippen LogP) is 5.88. The fourth-order valence-electron chi connectivity index (χ4n) is 2.87. The number of nitro groups is 2. The first-order valence-electron chi connectivity index (χ1n) is 8.27. The molecule has 2 rings (SSSR count). The molecule has 0 heterocycles. The Hall–Kier alpha value is -3.17. The van der Waals surface area contributed by atoms with E-state index in [2.05, 4.69) is 0 Å². The Balaban J connectivity index is 2.69. The lowest BCUT2D eigenvalue weighted by atomic mass is 10.0. The summed E-state index contributed by atoms with van der Waals surface area (Å²) in [7, 11) is 0. The van der Waals surface area contributed by atoms with Gasteiger partial charge in [-0.3, -0.25) is 20.2 Å². The monoisotopic (exact) mass is 398 g/mol. The number of ether oxygens (including phenoxy) is 1. The van der Waals surface area contributed by atoms with Gasteiger partial charge in [-0.25, -0.2) is 0 Å². The van der Waals surface area contributed by atoms with Crippen molar-refractivity contribution in [2.24, 2.45) is 0 Å². The van der Waals surface area contributed by atoms with E-state index < -0.39 is 38.7 Å². The molecule has 0 saturated heterocycles. The number of nitro benzene ring substituents is 2. The smallest absolute Gasteiger partial charge is 0.416 e. The number of halogens is 3. The van der Waals surface area contributed by atoms with Gasteiger partial charge in [0.25, 0.3) is 5.75 Å². The van der Waals surface area contributed by atoms with Gasteiger partial charge in [-0.1, -0.05) is 25.5 Å². The topological polar surface area (TPSA) is 95.5 Å². The Kier molecular flexibility index (Phi) is 5.91. The van der Waals surface area contributed by atoms with E-state index in [-0.39, 0.29) is 17.9 Å². The van der Waals surface area contributed by atoms with Crippen LogP contribution < -0.4 is 4.74 Å². The lowest BCUT2D eigenvalue weighted by molar-refractivity contribution is -0.396. The van der Waals surface area contributed by atoms with Crippen LogP contribution in [-0.2, 0) is 12.6 Å². The second-order valence-electron chi connectivity index (χ2n) is 6.27. The van der Waals surface area contributed by atoms with Crippen LogP contribution in [0.3, 0.4) is 0 Å². The van der Waals surface area contributed by atoms with Crippen molar-refractivity contribution >= 4 is 11.4 Å². The van der Waals surface area contributed by atoms with E-state index in [0.29, 0.717) is 11.1 Å². The molecule has 0 radical (unpaired) electrons. The van der Waals surface area contributed by atoms with Crippen LogP contribution in [0.1, 0.15) is 35.6 Å². The third-order valence-corrected chi connectivity index (χ3v) is 4.03. The summed E-state index contributed by atoms with van der Waals surface area (Å²) in [4.78, 5) is 20.4. The molecule has 0 amide bonds. The average Bonchev–Trinajstić information content (AvgIpc) is 2.56. The largest absolute Gasteiger partial charge is 0.444 e. The lowest BCUT2D eigenvalue weighted by Gasteiger charge is -2.15. The molecule has 0 saturated carbocycles. The summed E-state index contributed by atoms with van der Waals surface area (Å²) in [5.41, 5.74) is -1.64. The molecular formula is C18H17F3N2O5. The molecule has 2 aromatic carbocycles. The number of aryl methyl sites for hydroxylation is 3. The van der Waals surface area contributed by atoms with E-state index in [9.17, 15) is 33.4 Å². The molecule has 0 N–H and O–H groups in total. The summed E-state index contributed by atoms with van der Waals surface area (Å²) in [6.07, 6.45) is -3.32. The molecule has 28 heavy (non-hydrogen) atoms. The zero-order chi connectivity index (χ0) is 21.2. The molecule has 0 bridgehead atoms. The van der Waals surface area contributed by atoms with Crippen molar-refractivity contribution < 1.29 is 27.8 Å². The third-order valence-electron chi connectivity index (χ3n) is 4.03. The minimum atomic E-state index is -4.98. The Morgan fingerprint density at radius 3 is 1.75 bits per heavy atom. The highest BCUT2D eigenvalue weighted by atomic mass is 19.4. The first kappa shape index (κ1) is 21.1. The maximum absolute atomic E-state index is 13.0. The highest BCUT2D eigenvalue weighted by Crippen LogP contribution is 2.45. The number of nitrogens with zero attached hydrogens (tertiary/aromatic N) is 2. The molecule has 0 fully saturated rings. The SMILES string of the molecule is CCCc1cc(C)c(Oc2c([N+](=O)[O-])cc(C(F)(F)F)cc2[N+](=O)[O-])c(C)c1. The number of hydrogen-bond donors (Lipinski definition) is 0. The van der Waals surface area contributed by atoms with Crippen LogP contribution in [0, 0.1) is 34.1 Å². The first-order valence-corrected chi connectivity index (χ1v) is 8.27. The van der Waals surface area contributed by atoms with Crippen molar-refractivity contribution in [2.45, 2.75) is 39.8 Å². The standard InChI is InChI=1S/C18H17F3N2O5/c1-4-5-12-6-10(2)16(11(3)7-12)28-17-14(22(24)25)8-13(18(19,20)21)9-15(17)23(26)27/h6-9H,4-5H2,1-3H3. The van der Waals surface area contributed by atoms with E-state index in [1.807, 2.05) is 6.92 Å². The molecule has 0 unspecified atom stereocenters. The van der Waals surface area contributed by atoms with Gasteiger partial charge >= 0.3 is 17.6 Å². The van der Waals surface area contributed by atoms with Crippen LogP contribution in [0.15, 0.2) is 24.3 Å². The van der Waals surface area contributed by atoms with E-state index in [0.717, 1.165) is 18.4 Å². The fourth-order valence-corrected chi connectivity index (χ4v) is 2.87. The number of benzene rings is 2. The molecule has 2 aromatic rings. The van der Waals surface area contributed by atoms with Gasteiger partial charge in [-0.2, -0.15) is 13.2 Å².